The van der Waals surface area contributed by atoms with Crippen molar-refractivity contribution in [2.45, 2.75) is 0 Å². The van der Waals surface area contributed by atoms with Crippen molar-refractivity contribution in [1.29, 1.82) is 0 Å². The van der Waals surface area contributed by atoms with Gasteiger partial charge in [-0.2, -0.15) is 0 Å². The summed E-state index contributed by atoms with van der Waals surface area (Å²) in [7, 11) is 0. The number of nitrogens with zero attached hydrogens (tertiary/aromatic N) is 2. The zero-order chi connectivity index (χ0) is 17.8. The second-order valence-electron chi connectivity index (χ2n) is 5.58. The second-order valence-corrected chi connectivity index (χ2v) is 6.43. The maximum absolute atomic E-state index is 12.6. The van der Waals surface area contributed by atoms with Crippen LogP contribution >= 0.6 is 23.2 Å². The summed E-state index contributed by atoms with van der Waals surface area (Å²) >= 11 is 12.0. The number of amides is 2. The first-order valence-electron chi connectivity index (χ1n) is 7.81. The molecule has 0 N–H and O–H groups in total. The van der Waals surface area contributed by atoms with Crippen molar-refractivity contribution < 1.29 is 14.3 Å². The normalized spacial score (nSPS) is 14.3. The average molecular weight is 379 g/mol. The minimum Gasteiger partial charge on any atom is -0.410 e. The molecular formula is C18H16Cl2N2O3. The third kappa shape index (κ3) is 4.24. The standard InChI is InChI=1S/C18H16Cl2N2O3/c19-13-6-7-16(20)15(12-13)17(23)21-8-10-22(11-9-21)18(24)25-14-4-2-1-3-5-14/h1-7,12H,8-11H2. The molecule has 0 spiro atoms. The first-order valence-corrected chi connectivity index (χ1v) is 8.56. The molecule has 1 heterocycles. The van der Waals surface area contributed by atoms with Crippen LogP contribution in [0.5, 0.6) is 5.75 Å². The minimum atomic E-state index is -0.418. The highest BCUT2D eigenvalue weighted by molar-refractivity contribution is 6.35. The fourth-order valence-corrected chi connectivity index (χ4v) is 2.95. The van der Waals surface area contributed by atoms with Crippen LogP contribution < -0.4 is 4.74 Å². The number of hydrogen-bond donors (Lipinski definition) is 0. The minimum absolute atomic E-state index is 0.191. The van der Waals surface area contributed by atoms with E-state index in [1.165, 1.54) is 0 Å². The van der Waals surface area contributed by atoms with E-state index in [0.717, 1.165) is 0 Å². The number of carbonyl (C=O) groups is 2. The van der Waals surface area contributed by atoms with Gasteiger partial charge in [-0.15, -0.1) is 0 Å². The van der Waals surface area contributed by atoms with E-state index < -0.39 is 6.09 Å². The molecule has 0 aliphatic carbocycles. The molecule has 5 nitrogen and oxygen atoms in total. The zero-order valence-electron chi connectivity index (χ0n) is 13.3. The van der Waals surface area contributed by atoms with Gasteiger partial charge in [0.2, 0.25) is 0 Å². The predicted molar refractivity (Wildman–Crippen MR) is 96.4 cm³/mol. The van der Waals surface area contributed by atoms with Gasteiger partial charge in [0.1, 0.15) is 5.75 Å². The van der Waals surface area contributed by atoms with E-state index in [0.29, 0.717) is 47.5 Å². The third-order valence-corrected chi connectivity index (χ3v) is 4.50. The van der Waals surface area contributed by atoms with Crippen molar-refractivity contribution in [3.8, 4) is 5.75 Å². The van der Waals surface area contributed by atoms with Crippen LogP contribution in [0.3, 0.4) is 0 Å². The number of ether oxygens (including phenoxy) is 1. The molecule has 0 aromatic heterocycles. The lowest BCUT2D eigenvalue weighted by atomic mass is 10.2. The molecule has 2 aromatic rings. The Kier molecular flexibility index (Phi) is 5.46. The fraction of sp³-hybridized carbons (Fsp3) is 0.222. The smallest absolute Gasteiger partial charge is 0.410 e. The molecule has 2 amide bonds. The van der Waals surface area contributed by atoms with Crippen LogP contribution in [0.25, 0.3) is 0 Å². The van der Waals surface area contributed by atoms with E-state index in [4.69, 9.17) is 27.9 Å². The molecule has 0 bridgehead atoms. The largest absolute Gasteiger partial charge is 0.415 e. The summed E-state index contributed by atoms with van der Waals surface area (Å²) in [6, 6.07) is 13.7. The lowest BCUT2D eigenvalue weighted by Gasteiger charge is -2.34. The van der Waals surface area contributed by atoms with E-state index >= 15 is 0 Å². The summed E-state index contributed by atoms with van der Waals surface area (Å²) in [5, 5.41) is 0.818. The number of hydrogen-bond acceptors (Lipinski definition) is 3. The number of para-hydroxylation sites is 1. The molecular weight excluding hydrogens is 363 g/mol. The molecule has 2 aromatic carbocycles. The molecule has 0 radical (unpaired) electrons. The van der Waals surface area contributed by atoms with E-state index in [1.807, 2.05) is 6.07 Å². The van der Waals surface area contributed by atoms with Gasteiger partial charge < -0.3 is 14.5 Å². The van der Waals surface area contributed by atoms with E-state index in [2.05, 4.69) is 0 Å². The van der Waals surface area contributed by atoms with Crippen molar-refractivity contribution >= 4 is 35.2 Å². The maximum atomic E-state index is 12.6. The summed E-state index contributed by atoms with van der Waals surface area (Å²) in [6.07, 6.45) is -0.418. The number of benzene rings is 2. The second kappa shape index (κ2) is 7.76. The van der Waals surface area contributed by atoms with Crippen LogP contribution in [0.4, 0.5) is 4.79 Å². The molecule has 3 rings (SSSR count). The lowest BCUT2D eigenvalue weighted by Crippen LogP contribution is -2.51. The summed E-state index contributed by atoms with van der Waals surface area (Å²) in [5.41, 5.74) is 0.370. The Morgan fingerprint density at radius 3 is 2.20 bits per heavy atom. The molecule has 0 atom stereocenters. The Morgan fingerprint density at radius 2 is 1.52 bits per heavy atom. The van der Waals surface area contributed by atoms with Gasteiger partial charge in [-0.3, -0.25) is 4.79 Å². The number of rotatable bonds is 2. The quantitative estimate of drug-likeness (QED) is 0.794. The molecule has 1 fully saturated rings. The number of halogens is 2. The molecule has 1 saturated heterocycles. The predicted octanol–water partition coefficient (Wildman–Crippen LogP) is 3.95. The Bertz CT molecular complexity index is 775. The Labute approximate surface area is 155 Å². The number of piperazine rings is 1. The van der Waals surface area contributed by atoms with Crippen molar-refractivity contribution in [1.82, 2.24) is 9.80 Å². The van der Waals surface area contributed by atoms with Gasteiger partial charge in [0.25, 0.3) is 5.91 Å². The third-order valence-electron chi connectivity index (χ3n) is 3.93. The monoisotopic (exact) mass is 378 g/mol. The molecule has 1 aliphatic heterocycles. The van der Waals surface area contributed by atoms with Crippen LogP contribution in [0.2, 0.25) is 10.0 Å². The summed E-state index contributed by atoms with van der Waals surface area (Å²) in [4.78, 5) is 28.0. The molecule has 0 saturated carbocycles. The fourth-order valence-electron chi connectivity index (χ4n) is 2.58. The van der Waals surface area contributed by atoms with E-state index in [-0.39, 0.29) is 5.91 Å². The SMILES string of the molecule is O=C(Oc1ccccc1)N1CCN(C(=O)c2cc(Cl)ccc2Cl)CC1. The van der Waals surface area contributed by atoms with Crippen LogP contribution in [-0.2, 0) is 0 Å². The van der Waals surface area contributed by atoms with Gasteiger partial charge in [0, 0.05) is 31.2 Å². The first kappa shape index (κ1) is 17.6. The molecule has 7 heteroatoms. The first-order chi connectivity index (χ1) is 12.0. The van der Waals surface area contributed by atoms with Crippen LogP contribution in [0.1, 0.15) is 10.4 Å². The molecule has 1 aliphatic rings. The lowest BCUT2D eigenvalue weighted by molar-refractivity contribution is 0.0633. The Balaban J connectivity index is 1.59. The molecule has 25 heavy (non-hydrogen) atoms. The average Bonchev–Trinajstić information content (AvgIpc) is 2.64. The molecule has 0 unspecified atom stereocenters. The van der Waals surface area contributed by atoms with Crippen molar-refractivity contribution in [2.24, 2.45) is 0 Å². The van der Waals surface area contributed by atoms with Crippen LogP contribution in [0.15, 0.2) is 48.5 Å². The van der Waals surface area contributed by atoms with Gasteiger partial charge in [-0.1, -0.05) is 41.4 Å². The van der Waals surface area contributed by atoms with Gasteiger partial charge in [-0.05, 0) is 30.3 Å². The van der Waals surface area contributed by atoms with Gasteiger partial charge in [0.05, 0.1) is 10.6 Å². The maximum Gasteiger partial charge on any atom is 0.415 e. The Morgan fingerprint density at radius 1 is 0.880 bits per heavy atom. The highest BCUT2D eigenvalue weighted by Gasteiger charge is 2.27. The van der Waals surface area contributed by atoms with E-state index in [9.17, 15) is 9.59 Å². The topological polar surface area (TPSA) is 49.9 Å². The van der Waals surface area contributed by atoms with Gasteiger partial charge in [-0.25, -0.2) is 4.79 Å². The van der Waals surface area contributed by atoms with Gasteiger partial charge in [0.15, 0.2) is 0 Å². The zero-order valence-corrected chi connectivity index (χ0v) is 14.8. The van der Waals surface area contributed by atoms with Crippen molar-refractivity contribution in [2.75, 3.05) is 26.2 Å². The summed E-state index contributed by atoms with van der Waals surface area (Å²) < 4.78 is 5.31. The Hall–Kier alpha value is -2.24. The van der Waals surface area contributed by atoms with Crippen molar-refractivity contribution in [3.05, 3.63) is 64.1 Å². The highest BCUT2D eigenvalue weighted by Crippen LogP contribution is 2.23. The summed E-state index contributed by atoms with van der Waals surface area (Å²) in [6.45, 7) is 1.61. The van der Waals surface area contributed by atoms with E-state index in [1.54, 1.807) is 52.3 Å². The van der Waals surface area contributed by atoms with Crippen LogP contribution in [0, 0.1) is 0 Å². The van der Waals surface area contributed by atoms with Gasteiger partial charge >= 0.3 is 6.09 Å². The highest BCUT2D eigenvalue weighted by atomic mass is 35.5. The summed E-state index contributed by atoms with van der Waals surface area (Å²) in [5.74, 6) is 0.306. The van der Waals surface area contributed by atoms with Crippen molar-refractivity contribution in [3.63, 3.8) is 0 Å². The molecule has 130 valence electrons. The van der Waals surface area contributed by atoms with Crippen LogP contribution in [-0.4, -0.2) is 48.0 Å². The number of carbonyl (C=O) groups excluding carboxylic acids is 2.